The summed E-state index contributed by atoms with van der Waals surface area (Å²) in [5.41, 5.74) is 16.5. The average molecular weight is 518 g/mol. The molecular weight excluding hydrogens is 480 g/mol. The van der Waals surface area contributed by atoms with Crippen LogP contribution in [0.5, 0.6) is 5.75 Å². The number of H-pyrrole nitrogens is 1. The number of aromatic hydroxyl groups is 1. The summed E-state index contributed by atoms with van der Waals surface area (Å²) >= 11 is 0. The van der Waals surface area contributed by atoms with Crippen LogP contribution >= 0.6 is 0 Å². The number of carbonyl (C=O) groups excluding carboxylic acids is 1. The fraction of sp³-hybridized carbons (Fsp3) is 0.444. The lowest BCUT2D eigenvalue weighted by Crippen LogP contribution is -2.56. The Morgan fingerprint density at radius 1 is 1.35 bits per heavy atom. The van der Waals surface area contributed by atoms with Crippen molar-refractivity contribution in [2.45, 2.75) is 37.5 Å². The van der Waals surface area contributed by atoms with Crippen molar-refractivity contribution in [3.05, 3.63) is 59.3 Å². The maximum atomic E-state index is 13.4. The number of nitrogen functional groups attached to an aromatic ring is 1. The van der Waals surface area contributed by atoms with E-state index in [0.717, 1.165) is 29.7 Å². The number of benzene rings is 1. The Labute approximate surface area is 216 Å². The maximum absolute atomic E-state index is 13.4. The van der Waals surface area contributed by atoms with Crippen molar-refractivity contribution in [3.8, 4) is 5.75 Å². The monoisotopic (exact) mass is 517 g/mol. The number of rotatable bonds is 7. The molecule has 2 aliphatic heterocycles. The van der Waals surface area contributed by atoms with Gasteiger partial charge in [0, 0.05) is 55.2 Å². The van der Waals surface area contributed by atoms with Crippen LogP contribution in [0.2, 0.25) is 0 Å². The first-order valence-corrected chi connectivity index (χ1v) is 12.3. The minimum atomic E-state index is -2.60. The highest BCUT2D eigenvalue weighted by Gasteiger charge is 2.44. The lowest BCUT2D eigenvalue weighted by Gasteiger charge is -2.40. The Balaban J connectivity index is 0.000000568. The molecule has 1 aromatic carbocycles. The molecule has 8 nitrogen and oxygen atoms in total. The van der Waals surface area contributed by atoms with Crippen molar-refractivity contribution in [2.75, 3.05) is 45.6 Å². The van der Waals surface area contributed by atoms with Crippen molar-refractivity contribution >= 4 is 23.5 Å². The second-order valence-corrected chi connectivity index (χ2v) is 9.53. The summed E-state index contributed by atoms with van der Waals surface area (Å²) in [5, 5.41) is 12.5. The second kappa shape index (κ2) is 12.2. The summed E-state index contributed by atoms with van der Waals surface area (Å²) < 4.78 is 32.2. The number of hydrogen-bond donors (Lipinski definition) is 5. The predicted octanol–water partition coefficient (Wildman–Crippen LogP) is 3.63. The molecule has 2 aromatic rings. The van der Waals surface area contributed by atoms with E-state index in [-0.39, 0.29) is 36.6 Å². The molecule has 7 N–H and O–H groups in total. The van der Waals surface area contributed by atoms with E-state index in [4.69, 9.17) is 16.2 Å². The number of nitrogens with one attached hydrogen (secondary N) is 2. The molecule has 202 valence electrons. The van der Waals surface area contributed by atoms with Crippen LogP contribution in [0.1, 0.15) is 54.0 Å². The van der Waals surface area contributed by atoms with Gasteiger partial charge in [0.05, 0.1) is 13.1 Å². The molecule has 0 aliphatic carbocycles. The maximum Gasteiger partial charge on any atom is 0.272 e. The molecule has 1 aromatic heterocycles. The molecule has 37 heavy (non-hydrogen) atoms. The van der Waals surface area contributed by atoms with Gasteiger partial charge in [0.1, 0.15) is 11.6 Å². The molecule has 10 heteroatoms. The number of carbonyl (C=O) groups is 1. The standard InChI is InChI=1S/C23H30F2N4O2.C4H7NO/c1-14(11-29-12-23(24,25)13-29)20-17(10-18(26)16-4-2-3-5-19(16)30)22(27)28-21(20)15-6-8-31-9-7-15;1-3-4(6)5-2/h2-5,10,14-15,28,30H,6-9,11-13,26-27H2,1H3;3H,1H2,2H3,(H,5,6)/b18-10-;. The number of alkyl halides is 2. The van der Waals surface area contributed by atoms with Gasteiger partial charge in [-0.1, -0.05) is 25.6 Å². The first kappa shape index (κ1) is 28.2. The zero-order chi connectivity index (χ0) is 27.2. The molecule has 1 amide bonds. The molecule has 4 rings (SSSR count). The quantitative estimate of drug-likeness (QED) is 0.357. The van der Waals surface area contributed by atoms with Gasteiger partial charge in [-0.2, -0.15) is 0 Å². The molecule has 2 fully saturated rings. The second-order valence-electron chi connectivity index (χ2n) is 9.53. The average Bonchev–Trinajstić information content (AvgIpc) is 3.19. The molecule has 0 bridgehead atoms. The number of nitrogens with zero attached hydrogens (tertiary/aromatic N) is 1. The molecule has 0 radical (unpaired) electrons. The van der Waals surface area contributed by atoms with Crippen molar-refractivity contribution in [1.82, 2.24) is 15.2 Å². The summed E-state index contributed by atoms with van der Waals surface area (Å²) in [5.74, 6) is -1.91. The number of amides is 1. The van der Waals surface area contributed by atoms with E-state index in [1.165, 1.54) is 6.08 Å². The van der Waals surface area contributed by atoms with Crippen LogP contribution in [-0.2, 0) is 9.53 Å². The van der Waals surface area contributed by atoms with Crippen molar-refractivity contribution in [3.63, 3.8) is 0 Å². The SMILES string of the molecule is C=CC(=O)NC.CC(CN1CC(F)(F)C1)c1c(C2CCOCC2)[nH]c(N)c1/C=C(\N)c1ccccc1O. The molecule has 1 unspecified atom stereocenters. The Hall–Kier alpha value is -3.37. The number of phenols is 1. The van der Waals surface area contributed by atoms with Gasteiger partial charge in [0.2, 0.25) is 5.91 Å². The van der Waals surface area contributed by atoms with Crippen LogP contribution in [0, 0.1) is 0 Å². The first-order valence-electron chi connectivity index (χ1n) is 12.3. The molecule has 2 saturated heterocycles. The van der Waals surface area contributed by atoms with Gasteiger partial charge in [0.25, 0.3) is 5.92 Å². The largest absolute Gasteiger partial charge is 0.507 e. The smallest absolute Gasteiger partial charge is 0.272 e. The van der Waals surface area contributed by atoms with Crippen LogP contribution in [-0.4, -0.2) is 66.7 Å². The van der Waals surface area contributed by atoms with Gasteiger partial charge < -0.3 is 31.6 Å². The summed E-state index contributed by atoms with van der Waals surface area (Å²) in [6, 6.07) is 6.86. The minimum Gasteiger partial charge on any atom is -0.507 e. The number of para-hydroxylation sites is 1. The van der Waals surface area contributed by atoms with E-state index in [9.17, 15) is 18.7 Å². The molecular formula is C27H37F2N5O3. The fourth-order valence-corrected chi connectivity index (χ4v) is 4.83. The third-order valence-electron chi connectivity index (χ3n) is 6.65. The third-order valence-corrected chi connectivity index (χ3v) is 6.65. The van der Waals surface area contributed by atoms with E-state index in [1.807, 2.05) is 6.92 Å². The molecule has 2 aliphatic rings. The molecule has 3 heterocycles. The van der Waals surface area contributed by atoms with Gasteiger partial charge in [-0.25, -0.2) is 8.78 Å². The van der Waals surface area contributed by atoms with E-state index in [1.54, 1.807) is 42.3 Å². The Morgan fingerprint density at radius 2 is 2.00 bits per heavy atom. The van der Waals surface area contributed by atoms with Gasteiger partial charge in [-0.15, -0.1) is 0 Å². The van der Waals surface area contributed by atoms with Crippen LogP contribution < -0.4 is 16.8 Å². The number of aromatic amines is 1. The highest BCUT2D eigenvalue weighted by Crippen LogP contribution is 2.40. The zero-order valence-corrected chi connectivity index (χ0v) is 21.4. The normalized spacial score (nSPS) is 18.8. The number of ether oxygens (including phenoxy) is 1. The summed E-state index contributed by atoms with van der Waals surface area (Å²) in [4.78, 5) is 15.1. The number of halogens is 2. The van der Waals surface area contributed by atoms with Crippen LogP contribution in [0.3, 0.4) is 0 Å². The third kappa shape index (κ3) is 7.11. The molecule has 1 atom stereocenters. The van der Waals surface area contributed by atoms with Crippen molar-refractivity contribution < 1.29 is 23.4 Å². The molecule has 0 saturated carbocycles. The minimum absolute atomic E-state index is 0.0223. The van der Waals surface area contributed by atoms with Gasteiger partial charge in [0.15, 0.2) is 0 Å². The van der Waals surface area contributed by atoms with Crippen molar-refractivity contribution in [1.29, 1.82) is 0 Å². The highest BCUT2D eigenvalue weighted by molar-refractivity contribution is 5.87. The van der Waals surface area contributed by atoms with E-state index >= 15 is 0 Å². The van der Waals surface area contributed by atoms with E-state index in [2.05, 4.69) is 16.9 Å². The van der Waals surface area contributed by atoms with Crippen LogP contribution in [0.15, 0.2) is 36.9 Å². The Bertz CT molecular complexity index is 1120. The number of likely N-dealkylation sites (N-methyl/N-ethyl adjacent to an activating group) is 1. The number of anilines is 1. The Kier molecular flexibility index (Phi) is 9.34. The number of aromatic nitrogens is 1. The van der Waals surface area contributed by atoms with Crippen LogP contribution in [0.4, 0.5) is 14.6 Å². The molecule has 0 spiro atoms. The number of phenolic OH excluding ortho intramolecular Hbond substituents is 1. The fourth-order valence-electron chi connectivity index (χ4n) is 4.83. The lowest BCUT2D eigenvalue weighted by atomic mass is 9.86. The first-order chi connectivity index (χ1) is 17.6. The van der Waals surface area contributed by atoms with Gasteiger partial charge in [-0.3, -0.25) is 9.69 Å². The number of likely N-dealkylation sites (tertiary alicyclic amines) is 1. The van der Waals surface area contributed by atoms with E-state index < -0.39 is 5.92 Å². The summed E-state index contributed by atoms with van der Waals surface area (Å²) in [7, 11) is 1.56. The van der Waals surface area contributed by atoms with Gasteiger partial charge in [-0.05, 0) is 48.6 Å². The Morgan fingerprint density at radius 3 is 2.54 bits per heavy atom. The topological polar surface area (TPSA) is 130 Å². The van der Waals surface area contributed by atoms with Gasteiger partial charge >= 0.3 is 0 Å². The predicted molar refractivity (Wildman–Crippen MR) is 142 cm³/mol. The lowest BCUT2D eigenvalue weighted by molar-refractivity contribution is -0.131. The van der Waals surface area contributed by atoms with E-state index in [0.29, 0.717) is 36.8 Å². The summed E-state index contributed by atoms with van der Waals surface area (Å²) in [6.45, 7) is 6.71. The highest BCUT2D eigenvalue weighted by atomic mass is 19.3. The number of nitrogens with two attached hydrogens (primary N) is 2. The zero-order valence-electron chi connectivity index (χ0n) is 21.4. The number of hydrogen-bond acceptors (Lipinski definition) is 6. The van der Waals surface area contributed by atoms with Crippen molar-refractivity contribution in [2.24, 2.45) is 5.73 Å². The van der Waals surface area contributed by atoms with Crippen LogP contribution in [0.25, 0.3) is 11.8 Å². The summed E-state index contributed by atoms with van der Waals surface area (Å²) in [6.07, 6.45) is 4.75.